The van der Waals surface area contributed by atoms with Crippen LogP contribution < -0.4 is 10.2 Å². The number of nitrogens with one attached hydrogen (secondary N) is 1. The maximum atomic E-state index is 13.7. The van der Waals surface area contributed by atoms with Crippen LogP contribution in [0.3, 0.4) is 0 Å². The number of carbonyl (C=O) groups excluding carboxylic acids is 1. The lowest BCUT2D eigenvalue weighted by Crippen LogP contribution is -2.55. The van der Waals surface area contributed by atoms with Crippen LogP contribution in [-0.4, -0.2) is 94.2 Å². The monoisotopic (exact) mass is 500 g/mol. The number of amides is 1. The summed E-state index contributed by atoms with van der Waals surface area (Å²) in [5.74, 6) is 0.350. The van der Waals surface area contributed by atoms with Gasteiger partial charge in [0.1, 0.15) is 5.82 Å². The van der Waals surface area contributed by atoms with Crippen molar-refractivity contribution in [2.24, 2.45) is 5.41 Å². The van der Waals surface area contributed by atoms with Gasteiger partial charge in [-0.3, -0.25) is 4.79 Å². The largest absolute Gasteiger partial charge is 0.416 e. The van der Waals surface area contributed by atoms with Crippen molar-refractivity contribution in [3.05, 3.63) is 23.9 Å². The summed E-state index contributed by atoms with van der Waals surface area (Å²) in [6, 6.07) is 2.42. The molecule has 196 valence electrons. The SMILES string of the molecule is COC[C@]1(C(=O)N2CCN(c3cc(C(F)(F)F)ccn3)CC2)CC[C@@H](NC2CCOCC2OC)C1. The molecule has 1 aromatic rings. The summed E-state index contributed by atoms with van der Waals surface area (Å²) in [5.41, 5.74) is -1.32. The van der Waals surface area contributed by atoms with Crippen LogP contribution in [0.2, 0.25) is 0 Å². The zero-order valence-corrected chi connectivity index (χ0v) is 20.4. The third kappa shape index (κ3) is 5.90. The summed E-state index contributed by atoms with van der Waals surface area (Å²) in [6.07, 6.45) is -0.0848. The van der Waals surface area contributed by atoms with E-state index in [1.165, 1.54) is 6.20 Å². The number of hydrogen-bond donors (Lipinski definition) is 1. The lowest BCUT2D eigenvalue weighted by atomic mass is 9.84. The number of carbonyl (C=O) groups is 1. The van der Waals surface area contributed by atoms with Gasteiger partial charge in [-0.15, -0.1) is 0 Å². The van der Waals surface area contributed by atoms with Crippen molar-refractivity contribution < 1.29 is 32.2 Å². The van der Waals surface area contributed by atoms with Crippen molar-refractivity contribution in [1.82, 2.24) is 15.2 Å². The third-order valence-corrected chi connectivity index (χ3v) is 7.50. The Morgan fingerprint density at radius 1 is 1.26 bits per heavy atom. The van der Waals surface area contributed by atoms with Crippen LogP contribution in [0.4, 0.5) is 19.0 Å². The Labute approximate surface area is 204 Å². The second kappa shape index (κ2) is 11.0. The summed E-state index contributed by atoms with van der Waals surface area (Å²) in [4.78, 5) is 21.4. The van der Waals surface area contributed by atoms with Gasteiger partial charge in [0.15, 0.2) is 0 Å². The minimum Gasteiger partial charge on any atom is -0.384 e. The van der Waals surface area contributed by atoms with Gasteiger partial charge < -0.3 is 29.3 Å². The van der Waals surface area contributed by atoms with E-state index >= 15 is 0 Å². The Hall–Kier alpha value is -1.95. The molecule has 1 saturated carbocycles. The Kier molecular flexibility index (Phi) is 8.19. The van der Waals surface area contributed by atoms with Gasteiger partial charge in [-0.05, 0) is 37.8 Å². The molecule has 1 aromatic heterocycles. The van der Waals surface area contributed by atoms with E-state index in [9.17, 15) is 18.0 Å². The molecule has 8 nitrogen and oxygen atoms in total. The van der Waals surface area contributed by atoms with Crippen LogP contribution in [-0.2, 0) is 25.2 Å². The van der Waals surface area contributed by atoms with E-state index < -0.39 is 17.2 Å². The normalized spacial score (nSPS) is 30.0. The molecule has 35 heavy (non-hydrogen) atoms. The molecule has 0 radical (unpaired) electrons. The van der Waals surface area contributed by atoms with Gasteiger partial charge in [0.25, 0.3) is 0 Å². The molecular formula is C24H35F3N4O4. The van der Waals surface area contributed by atoms with Gasteiger partial charge in [0, 0.05) is 65.3 Å². The van der Waals surface area contributed by atoms with Gasteiger partial charge in [0.05, 0.1) is 30.3 Å². The number of pyridine rings is 1. The van der Waals surface area contributed by atoms with Crippen molar-refractivity contribution in [2.75, 3.05) is 65.1 Å². The average molecular weight is 501 g/mol. The van der Waals surface area contributed by atoms with Crippen LogP contribution in [0.5, 0.6) is 0 Å². The molecule has 1 aliphatic carbocycles. The van der Waals surface area contributed by atoms with E-state index in [0.29, 0.717) is 52.4 Å². The Balaban J connectivity index is 1.37. The smallest absolute Gasteiger partial charge is 0.384 e. The van der Waals surface area contributed by atoms with E-state index in [0.717, 1.165) is 31.4 Å². The number of nitrogens with zero attached hydrogens (tertiary/aromatic N) is 3. The minimum atomic E-state index is -4.41. The molecule has 11 heteroatoms. The van der Waals surface area contributed by atoms with Crippen molar-refractivity contribution in [3.8, 4) is 0 Å². The molecular weight excluding hydrogens is 465 g/mol. The fourth-order valence-electron chi connectivity index (χ4n) is 5.61. The molecule has 1 N–H and O–H groups in total. The lowest BCUT2D eigenvalue weighted by Gasteiger charge is -2.40. The Bertz CT molecular complexity index is 865. The highest BCUT2D eigenvalue weighted by atomic mass is 19.4. The first-order chi connectivity index (χ1) is 16.8. The van der Waals surface area contributed by atoms with Gasteiger partial charge in [0.2, 0.25) is 5.91 Å². The topological polar surface area (TPSA) is 76.2 Å². The Morgan fingerprint density at radius 2 is 2.03 bits per heavy atom. The average Bonchev–Trinajstić information content (AvgIpc) is 3.27. The van der Waals surface area contributed by atoms with E-state index in [4.69, 9.17) is 14.2 Å². The van der Waals surface area contributed by atoms with Crippen molar-refractivity contribution >= 4 is 11.7 Å². The van der Waals surface area contributed by atoms with E-state index in [-0.39, 0.29) is 29.9 Å². The molecule has 3 heterocycles. The number of aromatic nitrogens is 1. The summed E-state index contributed by atoms with van der Waals surface area (Å²) < 4.78 is 55.8. The highest BCUT2D eigenvalue weighted by Crippen LogP contribution is 2.41. The van der Waals surface area contributed by atoms with Crippen LogP contribution in [0.1, 0.15) is 31.2 Å². The summed E-state index contributed by atoms with van der Waals surface area (Å²) >= 11 is 0. The van der Waals surface area contributed by atoms with E-state index in [2.05, 4.69) is 10.3 Å². The number of hydrogen-bond acceptors (Lipinski definition) is 7. The van der Waals surface area contributed by atoms with Gasteiger partial charge in [-0.1, -0.05) is 0 Å². The highest BCUT2D eigenvalue weighted by molar-refractivity contribution is 5.83. The van der Waals surface area contributed by atoms with Crippen LogP contribution in [0, 0.1) is 5.41 Å². The predicted octanol–water partition coefficient (Wildman–Crippen LogP) is 2.33. The molecule has 0 bridgehead atoms. The molecule has 2 saturated heterocycles. The lowest BCUT2D eigenvalue weighted by molar-refractivity contribution is -0.145. The summed E-state index contributed by atoms with van der Waals surface area (Å²) in [5, 5.41) is 3.70. The van der Waals surface area contributed by atoms with Crippen molar-refractivity contribution in [1.29, 1.82) is 0 Å². The standard InChI is InChI=1S/C24H35F3N4O4/c1-33-16-23(6-3-18(14-23)29-19-5-12-35-15-20(19)34-2)22(32)31-10-8-30(9-11-31)21-13-17(4-7-28-21)24(25,26)27/h4,7,13,18-20,29H,3,5-6,8-12,14-16H2,1-2H3/t18-,19?,20?,23+/m1/s1. The predicted molar refractivity (Wildman–Crippen MR) is 123 cm³/mol. The second-order valence-corrected chi connectivity index (χ2v) is 9.74. The summed E-state index contributed by atoms with van der Waals surface area (Å²) in [6.45, 7) is 3.34. The van der Waals surface area contributed by atoms with E-state index in [1.54, 1.807) is 19.1 Å². The number of methoxy groups -OCH3 is 2. The molecule has 2 unspecified atom stereocenters. The molecule has 0 aromatic carbocycles. The zero-order chi connectivity index (χ0) is 25.1. The highest BCUT2D eigenvalue weighted by Gasteiger charge is 2.48. The number of rotatable bonds is 7. The quantitative estimate of drug-likeness (QED) is 0.616. The first-order valence-electron chi connectivity index (χ1n) is 12.2. The molecule has 2 aliphatic heterocycles. The second-order valence-electron chi connectivity index (χ2n) is 9.74. The molecule has 1 amide bonds. The molecule has 3 aliphatic rings. The number of alkyl halides is 3. The molecule has 0 spiro atoms. The number of anilines is 1. The van der Waals surface area contributed by atoms with Crippen LogP contribution in [0.25, 0.3) is 0 Å². The third-order valence-electron chi connectivity index (χ3n) is 7.50. The fraction of sp³-hybridized carbons (Fsp3) is 0.750. The zero-order valence-electron chi connectivity index (χ0n) is 20.4. The minimum absolute atomic E-state index is 0.00517. The maximum Gasteiger partial charge on any atom is 0.416 e. The molecule has 4 rings (SSSR count). The number of ether oxygens (including phenoxy) is 3. The first kappa shape index (κ1) is 26.1. The van der Waals surface area contributed by atoms with E-state index in [1.807, 2.05) is 4.90 Å². The maximum absolute atomic E-state index is 13.7. The fourth-order valence-corrected chi connectivity index (χ4v) is 5.61. The molecule has 4 atom stereocenters. The van der Waals surface area contributed by atoms with Crippen molar-refractivity contribution in [3.63, 3.8) is 0 Å². The first-order valence-corrected chi connectivity index (χ1v) is 12.2. The van der Waals surface area contributed by atoms with Gasteiger partial charge in [-0.25, -0.2) is 4.98 Å². The van der Waals surface area contributed by atoms with Crippen LogP contribution >= 0.6 is 0 Å². The molecule has 3 fully saturated rings. The van der Waals surface area contributed by atoms with Crippen molar-refractivity contribution in [2.45, 2.75) is 50.0 Å². The van der Waals surface area contributed by atoms with Gasteiger partial charge >= 0.3 is 6.18 Å². The number of piperazine rings is 1. The number of halogens is 3. The van der Waals surface area contributed by atoms with Crippen LogP contribution in [0.15, 0.2) is 18.3 Å². The summed E-state index contributed by atoms with van der Waals surface area (Å²) in [7, 11) is 3.31. The van der Waals surface area contributed by atoms with Gasteiger partial charge in [-0.2, -0.15) is 13.2 Å². The Morgan fingerprint density at radius 3 is 2.71 bits per heavy atom.